The molecule has 6 nitrogen and oxygen atoms in total. The molecule has 2 rings (SSSR count). The number of amides is 1. The number of hydrogen-bond donors (Lipinski definition) is 1. The first kappa shape index (κ1) is 18.5. The van der Waals surface area contributed by atoms with E-state index in [1.54, 1.807) is 31.0 Å². The van der Waals surface area contributed by atoms with Gasteiger partial charge in [0.2, 0.25) is 5.13 Å². The molecule has 2 aromatic rings. The van der Waals surface area contributed by atoms with Crippen LogP contribution in [0.1, 0.15) is 27.2 Å². The molecule has 1 atom stereocenters. The molecule has 0 aliphatic rings. The van der Waals surface area contributed by atoms with E-state index in [-0.39, 0.29) is 5.91 Å². The van der Waals surface area contributed by atoms with Crippen molar-refractivity contribution in [3.05, 3.63) is 24.3 Å². The average Bonchev–Trinajstić information content (AvgIpc) is 2.98. The molecule has 1 heterocycles. The Morgan fingerprint density at radius 1 is 1.33 bits per heavy atom. The van der Waals surface area contributed by atoms with Crippen molar-refractivity contribution in [2.24, 2.45) is 0 Å². The highest BCUT2D eigenvalue weighted by Gasteiger charge is 2.20. The Bertz CT molecular complexity index is 676. The van der Waals surface area contributed by atoms with E-state index in [9.17, 15) is 4.79 Å². The Morgan fingerprint density at radius 2 is 2.08 bits per heavy atom. The van der Waals surface area contributed by atoms with Gasteiger partial charge >= 0.3 is 0 Å². The van der Waals surface area contributed by atoms with Gasteiger partial charge in [0.1, 0.15) is 11.5 Å². The van der Waals surface area contributed by atoms with E-state index >= 15 is 0 Å². The van der Waals surface area contributed by atoms with E-state index in [2.05, 4.69) is 29.4 Å². The van der Waals surface area contributed by atoms with Crippen LogP contribution in [0.15, 0.2) is 28.6 Å². The van der Waals surface area contributed by atoms with Gasteiger partial charge in [-0.1, -0.05) is 49.9 Å². The second-order valence-electron chi connectivity index (χ2n) is 5.22. The van der Waals surface area contributed by atoms with Crippen molar-refractivity contribution in [2.45, 2.75) is 42.9 Å². The van der Waals surface area contributed by atoms with Crippen LogP contribution in [-0.2, 0) is 4.79 Å². The van der Waals surface area contributed by atoms with Gasteiger partial charge in [0.15, 0.2) is 10.4 Å². The Labute approximate surface area is 150 Å². The van der Waals surface area contributed by atoms with Crippen molar-refractivity contribution in [3.63, 3.8) is 0 Å². The van der Waals surface area contributed by atoms with E-state index in [4.69, 9.17) is 9.47 Å². The van der Waals surface area contributed by atoms with Crippen LogP contribution in [0.5, 0.6) is 11.5 Å². The number of aromatic nitrogens is 2. The normalized spacial score (nSPS) is 12.0. The minimum atomic E-state index is -0.609. The van der Waals surface area contributed by atoms with Crippen molar-refractivity contribution >= 4 is 34.1 Å². The number of nitrogens with zero attached hydrogens (tertiary/aromatic N) is 2. The van der Waals surface area contributed by atoms with E-state index in [1.807, 2.05) is 19.1 Å². The Balaban J connectivity index is 1.99. The summed E-state index contributed by atoms with van der Waals surface area (Å²) in [6.07, 6.45) is -0.0719. The summed E-state index contributed by atoms with van der Waals surface area (Å²) < 4.78 is 11.8. The highest BCUT2D eigenvalue weighted by atomic mass is 32.2. The summed E-state index contributed by atoms with van der Waals surface area (Å²) in [4.78, 5) is 12.4. The van der Waals surface area contributed by atoms with Crippen LogP contribution in [0.2, 0.25) is 0 Å². The Morgan fingerprint density at radius 3 is 2.75 bits per heavy atom. The third-order valence-corrected chi connectivity index (χ3v) is 4.88. The zero-order valence-electron chi connectivity index (χ0n) is 14.1. The molecule has 0 bridgehead atoms. The molecule has 130 valence electrons. The fourth-order valence-corrected chi connectivity index (χ4v) is 3.83. The van der Waals surface area contributed by atoms with Crippen molar-refractivity contribution in [1.82, 2.24) is 10.2 Å². The standard InChI is InChI=1S/C16H21N3O3S2/c1-5-13(22-12-8-6-7-11(9-12)21-4)14(20)17-15-18-19-16(24-15)23-10(2)3/h6-10,13H,5H2,1-4H3,(H,17,18,20)/t13-/m1/s1. The number of benzene rings is 1. The molecular weight excluding hydrogens is 346 g/mol. The van der Waals surface area contributed by atoms with Gasteiger partial charge in [0.25, 0.3) is 5.91 Å². The van der Waals surface area contributed by atoms with Gasteiger partial charge in [-0.05, 0) is 18.6 Å². The molecule has 0 radical (unpaired) electrons. The Kier molecular flexibility index (Phi) is 6.86. The number of anilines is 1. The maximum absolute atomic E-state index is 12.4. The minimum Gasteiger partial charge on any atom is -0.497 e. The molecule has 0 unspecified atom stereocenters. The second-order valence-corrected chi connectivity index (χ2v) is 8.02. The van der Waals surface area contributed by atoms with Crippen molar-refractivity contribution in [2.75, 3.05) is 12.4 Å². The first-order chi connectivity index (χ1) is 11.5. The summed E-state index contributed by atoms with van der Waals surface area (Å²) in [5.41, 5.74) is 0. The van der Waals surface area contributed by atoms with E-state index in [0.29, 0.717) is 28.3 Å². The lowest BCUT2D eigenvalue weighted by Gasteiger charge is -2.16. The summed E-state index contributed by atoms with van der Waals surface area (Å²) in [7, 11) is 1.59. The summed E-state index contributed by atoms with van der Waals surface area (Å²) in [6.45, 7) is 6.06. The van der Waals surface area contributed by atoms with E-state index in [0.717, 1.165) is 4.34 Å². The van der Waals surface area contributed by atoms with Crippen molar-refractivity contribution < 1.29 is 14.3 Å². The number of carbonyl (C=O) groups is 1. The van der Waals surface area contributed by atoms with Gasteiger partial charge in [-0.3, -0.25) is 10.1 Å². The van der Waals surface area contributed by atoms with Gasteiger partial charge in [-0.25, -0.2) is 0 Å². The molecule has 8 heteroatoms. The molecule has 0 aliphatic heterocycles. The van der Waals surface area contributed by atoms with E-state index in [1.165, 1.54) is 11.3 Å². The van der Waals surface area contributed by atoms with Crippen LogP contribution in [0.4, 0.5) is 5.13 Å². The van der Waals surface area contributed by atoms with Gasteiger partial charge < -0.3 is 9.47 Å². The predicted molar refractivity (Wildman–Crippen MR) is 97.2 cm³/mol. The molecule has 0 saturated heterocycles. The molecule has 0 spiro atoms. The highest BCUT2D eigenvalue weighted by Crippen LogP contribution is 2.28. The lowest BCUT2D eigenvalue weighted by atomic mass is 10.2. The molecule has 24 heavy (non-hydrogen) atoms. The van der Waals surface area contributed by atoms with E-state index < -0.39 is 6.10 Å². The lowest BCUT2D eigenvalue weighted by molar-refractivity contribution is -0.122. The van der Waals surface area contributed by atoms with Crippen LogP contribution in [0, 0.1) is 0 Å². The monoisotopic (exact) mass is 367 g/mol. The van der Waals surface area contributed by atoms with Crippen LogP contribution >= 0.6 is 23.1 Å². The molecule has 0 aliphatic carbocycles. The zero-order chi connectivity index (χ0) is 17.5. The molecule has 0 fully saturated rings. The van der Waals surface area contributed by atoms with Gasteiger partial charge in [0.05, 0.1) is 7.11 Å². The topological polar surface area (TPSA) is 73.3 Å². The quantitative estimate of drug-likeness (QED) is 0.564. The van der Waals surface area contributed by atoms with Gasteiger partial charge in [-0.15, -0.1) is 10.2 Å². The predicted octanol–water partition coefficient (Wildman–Crippen LogP) is 3.84. The summed E-state index contributed by atoms with van der Waals surface area (Å²) >= 11 is 2.98. The average molecular weight is 367 g/mol. The number of rotatable bonds is 8. The summed E-state index contributed by atoms with van der Waals surface area (Å²) in [5, 5.41) is 11.7. The van der Waals surface area contributed by atoms with Crippen molar-refractivity contribution in [3.8, 4) is 11.5 Å². The smallest absolute Gasteiger partial charge is 0.267 e. The fourth-order valence-electron chi connectivity index (χ4n) is 1.86. The summed E-state index contributed by atoms with van der Waals surface area (Å²) in [6, 6.07) is 7.18. The maximum Gasteiger partial charge on any atom is 0.267 e. The first-order valence-electron chi connectivity index (χ1n) is 7.63. The SMILES string of the molecule is CC[C@@H](Oc1cccc(OC)c1)C(=O)Nc1nnc(SC(C)C)s1. The molecule has 1 amide bonds. The maximum atomic E-state index is 12.4. The number of hydrogen-bond acceptors (Lipinski definition) is 7. The minimum absolute atomic E-state index is 0.238. The largest absolute Gasteiger partial charge is 0.497 e. The molecule has 0 saturated carbocycles. The summed E-state index contributed by atoms with van der Waals surface area (Å²) in [5.74, 6) is 1.03. The van der Waals surface area contributed by atoms with Gasteiger partial charge in [0, 0.05) is 11.3 Å². The number of methoxy groups -OCH3 is 1. The molecule has 1 aromatic carbocycles. The third kappa shape index (κ3) is 5.38. The molecular formula is C16H21N3O3S2. The van der Waals surface area contributed by atoms with Gasteiger partial charge in [-0.2, -0.15) is 0 Å². The Hall–Kier alpha value is -1.80. The van der Waals surface area contributed by atoms with Crippen LogP contribution in [0.25, 0.3) is 0 Å². The number of carbonyl (C=O) groups excluding carboxylic acids is 1. The van der Waals surface area contributed by atoms with Crippen LogP contribution in [0.3, 0.4) is 0 Å². The van der Waals surface area contributed by atoms with Crippen molar-refractivity contribution in [1.29, 1.82) is 0 Å². The second kappa shape index (κ2) is 8.89. The third-order valence-electron chi connectivity index (χ3n) is 2.96. The lowest BCUT2D eigenvalue weighted by Crippen LogP contribution is -2.32. The highest BCUT2D eigenvalue weighted by molar-refractivity contribution is 8.01. The number of ether oxygens (including phenoxy) is 2. The number of thioether (sulfide) groups is 1. The number of nitrogens with one attached hydrogen (secondary N) is 1. The van der Waals surface area contributed by atoms with Crippen LogP contribution in [-0.4, -0.2) is 34.6 Å². The molecule has 1 aromatic heterocycles. The fraction of sp³-hybridized carbons (Fsp3) is 0.438. The van der Waals surface area contributed by atoms with Crippen LogP contribution < -0.4 is 14.8 Å². The first-order valence-corrected chi connectivity index (χ1v) is 9.33. The molecule has 1 N–H and O–H groups in total. The zero-order valence-corrected chi connectivity index (χ0v) is 15.7.